The third-order valence-corrected chi connectivity index (χ3v) is 5.95. The first kappa shape index (κ1) is 9.12. The molecule has 2 heterocycles. The van der Waals surface area contributed by atoms with Gasteiger partial charge in [-0.25, -0.2) is 8.42 Å². The van der Waals surface area contributed by atoms with Crippen LogP contribution < -0.4 is 0 Å². The number of hydrogen-bond donors (Lipinski definition) is 0. The Bertz CT molecular complexity index is 324. The van der Waals surface area contributed by atoms with Gasteiger partial charge in [-0.15, -0.1) is 0 Å². The first-order chi connectivity index (χ1) is 6.71. The van der Waals surface area contributed by atoms with Crippen molar-refractivity contribution in [2.75, 3.05) is 13.2 Å². The highest BCUT2D eigenvalue weighted by Gasteiger charge is 2.58. The minimum absolute atomic E-state index is 0.256. The molecule has 0 amide bonds. The molecule has 0 aromatic rings. The van der Waals surface area contributed by atoms with E-state index >= 15 is 0 Å². The lowest BCUT2D eigenvalue weighted by Crippen LogP contribution is -2.30. The molecule has 0 bridgehead atoms. The van der Waals surface area contributed by atoms with Crippen LogP contribution >= 0.6 is 0 Å². The first-order valence-electron chi connectivity index (χ1n) is 5.31. The first-order valence-corrected chi connectivity index (χ1v) is 6.81. The summed E-state index contributed by atoms with van der Waals surface area (Å²) in [6, 6.07) is 0.696. The van der Waals surface area contributed by atoms with Crippen LogP contribution in [0.15, 0.2) is 0 Å². The van der Waals surface area contributed by atoms with Gasteiger partial charge in [0, 0.05) is 18.7 Å². The van der Waals surface area contributed by atoms with Crippen LogP contribution in [-0.4, -0.2) is 43.3 Å². The van der Waals surface area contributed by atoms with Crippen molar-refractivity contribution in [1.82, 2.24) is 4.31 Å². The quantitative estimate of drug-likeness (QED) is 0.627. The Morgan fingerprint density at radius 1 is 1.14 bits per heavy atom. The Labute approximate surface area is 84.3 Å². The monoisotopic (exact) mass is 217 g/mol. The third-order valence-electron chi connectivity index (χ3n) is 3.61. The van der Waals surface area contributed by atoms with E-state index in [0.717, 1.165) is 12.8 Å². The van der Waals surface area contributed by atoms with Crippen molar-refractivity contribution in [1.29, 1.82) is 0 Å². The average Bonchev–Trinajstić information content (AvgIpc) is 2.66. The maximum Gasteiger partial charge on any atom is 0.219 e. The molecule has 5 heteroatoms. The van der Waals surface area contributed by atoms with Crippen molar-refractivity contribution in [3.63, 3.8) is 0 Å². The fourth-order valence-electron chi connectivity index (χ4n) is 2.78. The maximum absolute atomic E-state index is 12.1. The van der Waals surface area contributed by atoms with Crippen LogP contribution in [0.3, 0.4) is 0 Å². The second kappa shape index (κ2) is 2.93. The van der Waals surface area contributed by atoms with Crippen molar-refractivity contribution >= 4 is 10.0 Å². The summed E-state index contributed by atoms with van der Waals surface area (Å²) in [5, 5.41) is -0.256. The highest BCUT2D eigenvalue weighted by atomic mass is 32.2. The van der Waals surface area contributed by atoms with Gasteiger partial charge in [0.1, 0.15) is 5.25 Å². The van der Waals surface area contributed by atoms with E-state index in [2.05, 4.69) is 0 Å². The molecule has 0 N–H and O–H groups in total. The van der Waals surface area contributed by atoms with Gasteiger partial charge >= 0.3 is 0 Å². The van der Waals surface area contributed by atoms with E-state index in [9.17, 15) is 8.42 Å². The van der Waals surface area contributed by atoms with Crippen molar-refractivity contribution in [3.8, 4) is 0 Å². The van der Waals surface area contributed by atoms with E-state index in [0.29, 0.717) is 31.7 Å². The lowest BCUT2D eigenvalue weighted by molar-refractivity contribution is 0.198. The standard InChI is InChI=1S/C9H15NO3S/c11-14(12,7-4-5-13-6-7)10-8-2-1-3-9(8)10/h7-9H,1-6H2/t7-,8+,9+/m1/s1. The summed E-state index contributed by atoms with van der Waals surface area (Å²) < 4.78 is 31.0. The van der Waals surface area contributed by atoms with Gasteiger partial charge in [-0.1, -0.05) is 6.42 Å². The Hall–Kier alpha value is -0.130. The van der Waals surface area contributed by atoms with Gasteiger partial charge in [0.2, 0.25) is 10.0 Å². The fourth-order valence-corrected chi connectivity index (χ4v) is 4.98. The number of ether oxygens (including phenoxy) is 1. The summed E-state index contributed by atoms with van der Waals surface area (Å²) in [7, 11) is -3.02. The number of fused-ring (bicyclic) bond motifs is 1. The van der Waals surface area contributed by atoms with Gasteiger partial charge in [0.15, 0.2) is 0 Å². The van der Waals surface area contributed by atoms with E-state index in [1.165, 1.54) is 6.42 Å². The average molecular weight is 217 g/mol. The Morgan fingerprint density at radius 2 is 1.86 bits per heavy atom. The van der Waals surface area contributed by atoms with Crippen LogP contribution in [0.2, 0.25) is 0 Å². The topological polar surface area (TPSA) is 46.4 Å². The van der Waals surface area contributed by atoms with Gasteiger partial charge in [-0.3, -0.25) is 0 Å². The SMILES string of the molecule is O=S(=O)([C@@H]1CCOC1)N1[C@H]2CCC[C@@H]21. The number of hydrogen-bond acceptors (Lipinski definition) is 3. The highest BCUT2D eigenvalue weighted by molar-refractivity contribution is 7.90. The van der Waals surface area contributed by atoms with Gasteiger partial charge in [-0.2, -0.15) is 4.31 Å². The zero-order chi connectivity index (χ0) is 9.76. The molecule has 0 aromatic carbocycles. The Kier molecular flexibility index (Phi) is 1.91. The molecule has 0 unspecified atom stereocenters. The smallest absolute Gasteiger partial charge is 0.219 e. The van der Waals surface area contributed by atoms with Crippen LogP contribution in [-0.2, 0) is 14.8 Å². The zero-order valence-electron chi connectivity index (χ0n) is 8.05. The fraction of sp³-hybridized carbons (Fsp3) is 1.00. The van der Waals surface area contributed by atoms with Crippen LogP contribution in [0.5, 0.6) is 0 Å². The van der Waals surface area contributed by atoms with Crippen molar-refractivity contribution in [2.24, 2.45) is 0 Å². The van der Waals surface area contributed by atoms with Crippen molar-refractivity contribution in [3.05, 3.63) is 0 Å². The van der Waals surface area contributed by atoms with Crippen LogP contribution in [0.1, 0.15) is 25.7 Å². The molecule has 2 saturated heterocycles. The number of sulfonamides is 1. The van der Waals surface area contributed by atoms with E-state index in [1.54, 1.807) is 4.31 Å². The molecule has 0 spiro atoms. The minimum atomic E-state index is -3.02. The summed E-state index contributed by atoms with van der Waals surface area (Å²) in [6.07, 6.45) is 4.01. The number of nitrogens with zero attached hydrogens (tertiary/aromatic N) is 1. The van der Waals surface area contributed by atoms with E-state index in [4.69, 9.17) is 4.74 Å². The van der Waals surface area contributed by atoms with Crippen molar-refractivity contribution < 1.29 is 13.2 Å². The number of rotatable bonds is 2. The van der Waals surface area contributed by atoms with Crippen LogP contribution in [0, 0.1) is 0 Å². The number of piperidine rings is 1. The molecule has 80 valence electrons. The molecule has 1 aliphatic carbocycles. The molecule has 3 aliphatic rings. The molecule has 1 saturated carbocycles. The van der Waals surface area contributed by atoms with Gasteiger partial charge in [0.25, 0.3) is 0 Å². The molecule has 14 heavy (non-hydrogen) atoms. The molecule has 3 atom stereocenters. The summed E-state index contributed by atoms with van der Waals surface area (Å²) in [5.74, 6) is 0. The minimum Gasteiger partial charge on any atom is -0.380 e. The van der Waals surface area contributed by atoms with Gasteiger partial charge in [-0.05, 0) is 19.3 Å². The predicted molar refractivity (Wildman–Crippen MR) is 51.4 cm³/mol. The zero-order valence-corrected chi connectivity index (χ0v) is 8.87. The predicted octanol–water partition coefficient (Wildman–Crippen LogP) is 0.342. The molecular formula is C9H15NO3S. The summed E-state index contributed by atoms with van der Waals surface area (Å²) >= 11 is 0. The van der Waals surface area contributed by atoms with E-state index < -0.39 is 10.0 Å². The lowest BCUT2D eigenvalue weighted by Gasteiger charge is -2.13. The largest absolute Gasteiger partial charge is 0.380 e. The molecule has 3 rings (SSSR count). The molecule has 0 aromatic heterocycles. The summed E-state index contributed by atoms with van der Waals surface area (Å²) in [5.41, 5.74) is 0. The maximum atomic E-state index is 12.1. The second-order valence-corrected chi connectivity index (χ2v) is 6.54. The summed E-state index contributed by atoms with van der Waals surface area (Å²) in [6.45, 7) is 1.01. The molecule has 3 fully saturated rings. The van der Waals surface area contributed by atoms with Crippen LogP contribution in [0.4, 0.5) is 0 Å². The Morgan fingerprint density at radius 3 is 2.43 bits per heavy atom. The van der Waals surface area contributed by atoms with Crippen LogP contribution in [0.25, 0.3) is 0 Å². The van der Waals surface area contributed by atoms with Gasteiger partial charge in [0.05, 0.1) is 6.61 Å². The van der Waals surface area contributed by atoms with Crippen molar-refractivity contribution in [2.45, 2.75) is 43.0 Å². The molecule has 0 radical (unpaired) electrons. The normalized spacial score (nSPS) is 46.6. The molecule has 2 aliphatic heterocycles. The Balaban J connectivity index is 1.77. The molecular weight excluding hydrogens is 202 g/mol. The lowest BCUT2D eigenvalue weighted by atomic mass is 10.3. The second-order valence-electron chi connectivity index (χ2n) is 4.43. The van der Waals surface area contributed by atoms with E-state index in [1.807, 2.05) is 0 Å². The highest BCUT2D eigenvalue weighted by Crippen LogP contribution is 2.46. The van der Waals surface area contributed by atoms with Gasteiger partial charge < -0.3 is 4.74 Å². The third kappa shape index (κ3) is 1.15. The molecule has 4 nitrogen and oxygen atoms in total. The summed E-state index contributed by atoms with van der Waals surface area (Å²) in [4.78, 5) is 0. The van der Waals surface area contributed by atoms with E-state index in [-0.39, 0.29) is 5.25 Å².